The Morgan fingerprint density at radius 2 is 1.62 bits per heavy atom. The average molecular weight is 513 g/mol. The van der Waals surface area contributed by atoms with Crippen LogP contribution in [0.3, 0.4) is 0 Å². The van der Waals surface area contributed by atoms with Crippen molar-refractivity contribution in [2.45, 2.75) is 33.4 Å². The molecule has 1 aliphatic rings. The summed E-state index contributed by atoms with van der Waals surface area (Å²) in [5, 5.41) is 0.724. The third-order valence-electron chi connectivity index (χ3n) is 5.99. The van der Waals surface area contributed by atoms with Crippen molar-refractivity contribution in [3.05, 3.63) is 95.0 Å². The first kappa shape index (κ1) is 24.7. The molecule has 4 aromatic rings. The van der Waals surface area contributed by atoms with Crippen LogP contribution in [0.4, 0.5) is 10.5 Å². The fourth-order valence-electron chi connectivity index (χ4n) is 4.25. The van der Waals surface area contributed by atoms with Crippen molar-refractivity contribution in [3.8, 4) is 11.5 Å². The van der Waals surface area contributed by atoms with Gasteiger partial charge >= 0.3 is 0 Å². The molecule has 0 atom stereocenters. The Morgan fingerprint density at radius 3 is 2.35 bits per heavy atom. The van der Waals surface area contributed by atoms with Crippen LogP contribution in [0.25, 0.3) is 17.0 Å². The molecular weight excluding hydrogens is 484 g/mol. The minimum Gasteiger partial charge on any atom is -0.492 e. The van der Waals surface area contributed by atoms with Gasteiger partial charge in [0.25, 0.3) is 11.1 Å². The summed E-state index contributed by atoms with van der Waals surface area (Å²) in [6.07, 6.45) is 3.94. The van der Waals surface area contributed by atoms with E-state index >= 15 is 0 Å². The number of para-hydroxylation sites is 1. The van der Waals surface area contributed by atoms with Crippen molar-refractivity contribution in [2.24, 2.45) is 0 Å². The molecular formula is C30H28N2O4S. The van der Waals surface area contributed by atoms with Crippen LogP contribution in [0.1, 0.15) is 25.0 Å². The normalized spacial score (nSPS) is 14.8. The summed E-state index contributed by atoms with van der Waals surface area (Å²) in [4.78, 5) is 27.5. The van der Waals surface area contributed by atoms with Gasteiger partial charge in [-0.15, -0.1) is 0 Å². The second-order valence-corrected chi connectivity index (χ2v) is 10.1. The molecule has 1 aliphatic heterocycles. The van der Waals surface area contributed by atoms with Crippen molar-refractivity contribution in [2.75, 3.05) is 11.5 Å². The van der Waals surface area contributed by atoms with Gasteiger partial charge in [-0.25, -0.2) is 4.90 Å². The average Bonchev–Trinajstić information content (AvgIpc) is 3.37. The van der Waals surface area contributed by atoms with E-state index < -0.39 is 0 Å². The van der Waals surface area contributed by atoms with Crippen molar-refractivity contribution >= 4 is 45.6 Å². The first-order valence-electron chi connectivity index (χ1n) is 12.2. The van der Waals surface area contributed by atoms with Gasteiger partial charge in [0.15, 0.2) is 0 Å². The fourth-order valence-corrected chi connectivity index (χ4v) is 5.08. The van der Waals surface area contributed by atoms with Gasteiger partial charge in [0, 0.05) is 22.7 Å². The maximum atomic E-state index is 13.1. The van der Waals surface area contributed by atoms with Crippen LogP contribution < -0.4 is 14.4 Å². The van der Waals surface area contributed by atoms with Crippen LogP contribution in [0.5, 0.6) is 11.5 Å². The molecule has 0 saturated carbocycles. The van der Waals surface area contributed by atoms with E-state index in [1.54, 1.807) is 12.1 Å². The molecule has 0 aliphatic carbocycles. The standard InChI is InChI=1S/C30H28N2O4S/c1-20(2)36-25-14-12-24(13-15-25)35-17-16-31-19-22(26-6-4-5-7-27(26)31)18-28-29(33)32(30(34)37-28)23-10-8-21(3)9-11-23/h4-15,18-20H,16-17H2,1-3H3/b28-18-. The number of aryl methyl sites for hydroxylation is 1. The molecule has 5 rings (SSSR count). The number of rotatable bonds is 8. The number of benzene rings is 3. The van der Waals surface area contributed by atoms with E-state index in [9.17, 15) is 9.59 Å². The number of nitrogens with zero attached hydrogens (tertiary/aromatic N) is 2. The summed E-state index contributed by atoms with van der Waals surface area (Å²) < 4.78 is 13.8. The number of ether oxygens (including phenoxy) is 2. The molecule has 1 aromatic heterocycles. The van der Waals surface area contributed by atoms with E-state index in [1.807, 2.05) is 93.7 Å². The number of anilines is 1. The first-order chi connectivity index (χ1) is 17.9. The van der Waals surface area contributed by atoms with Gasteiger partial charge in [0.05, 0.1) is 23.2 Å². The number of carbonyl (C=O) groups excluding carboxylic acids is 2. The highest BCUT2D eigenvalue weighted by molar-refractivity contribution is 8.19. The summed E-state index contributed by atoms with van der Waals surface area (Å²) in [5.74, 6) is 1.29. The van der Waals surface area contributed by atoms with Gasteiger partial charge < -0.3 is 14.0 Å². The lowest BCUT2D eigenvalue weighted by Gasteiger charge is -2.12. The summed E-state index contributed by atoms with van der Waals surface area (Å²) in [7, 11) is 0. The Bertz CT molecular complexity index is 1470. The molecule has 0 spiro atoms. The second-order valence-electron chi connectivity index (χ2n) is 9.13. The Kier molecular flexibility index (Phi) is 7.06. The molecule has 0 N–H and O–H groups in total. The molecule has 0 bridgehead atoms. The Morgan fingerprint density at radius 1 is 0.919 bits per heavy atom. The van der Waals surface area contributed by atoms with E-state index in [4.69, 9.17) is 9.47 Å². The van der Waals surface area contributed by atoms with Gasteiger partial charge in [0.2, 0.25) is 0 Å². The molecule has 0 radical (unpaired) electrons. The maximum absolute atomic E-state index is 13.1. The van der Waals surface area contributed by atoms with Gasteiger partial charge in [-0.05, 0) is 81.1 Å². The van der Waals surface area contributed by atoms with Crippen LogP contribution in [0.15, 0.2) is 83.9 Å². The maximum Gasteiger partial charge on any atom is 0.298 e. The minimum atomic E-state index is -0.302. The number of aromatic nitrogens is 1. The van der Waals surface area contributed by atoms with E-state index in [0.29, 0.717) is 23.7 Å². The summed E-state index contributed by atoms with van der Waals surface area (Å²) in [6.45, 7) is 7.07. The molecule has 1 fully saturated rings. The van der Waals surface area contributed by atoms with Crippen LogP contribution >= 0.6 is 11.8 Å². The Balaban J connectivity index is 1.33. The summed E-state index contributed by atoms with van der Waals surface area (Å²) >= 11 is 0.968. The van der Waals surface area contributed by atoms with Gasteiger partial charge in [0.1, 0.15) is 18.1 Å². The topological polar surface area (TPSA) is 60.8 Å². The number of amides is 2. The summed E-state index contributed by atoms with van der Waals surface area (Å²) in [6, 6.07) is 23.0. The van der Waals surface area contributed by atoms with Crippen LogP contribution in [0, 0.1) is 6.92 Å². The highest BCUT2D eigenvalue weighted by Gasteiger charge is 2.36. The smallest absolute Gasteiger partial charge is 0.298 e. The lowest BCUT2D eigenvalue weighted by atomic mass is 10.1. The number of hydrogen-bond donors (Lipinski definition) is 0. The zero-order valence-corrected chi connectivity index (χ0v) is 21.8. The van der Waals surface area contributed by atoms with Crippen molar-refractivity contribution in [1.82, 2.24) is 4.57 Å². The van der Waals surface area contributed by atoms with Gasteiger partial charge in [-0.1, -0.05) is 35.9 Å². The van der Waals surface area contributed by atoms with E-state index in [2.05, 4.69) is 4.57 Å². The minimum absolute atomic E-state index is 0.125. The molecule has 0 unspecified atom stereocenters. The lowest BCUT2D eigenvalue weighted by Crippen LogP contribution is -2.27. The predicted octanol–water partition coefficient (Wildman–Crippen LogP) is 7.06. The van der Waals surface area contributed by atoms with E-state index in [-0.39, 0.29) is 17.3 Å². The Hall–Kier alpha value is -3.97. The second kappa shape index (κ2) is 10.6. The molecule has 1 saturated heterocycles. The number of thioether (sulfide) groups is 1. The molecule has 2 heterocycles. The van der Waals surface area contributed by atoms with Gasteiger partial charge in [-0.2, -0.15) is 0 Å². The highest BCUT2D eigenvalue weighted by atomic mass is 32.2. The van der Waals surface area contributed by atoms with E-state index in [0.717, 1.165) is 45.3 Å². The van der Waals surface area contributed by atoms with Crippen LogP contribution in [-0.4, -0.2) is 28.4 Å². The molecule has 2 amide bonds. The highest BCUT2D eigenvalue weighted by Crippen LogP contribution is 2.37. The van der Waals surface area contributed by atoms with Crippen LogP contribution in [0.2, 0.25) is 0 Å². The quantitative estimate of drug-likeness (QED) is 0.237. The molecule has 6 nitrogen and oxygen atoms in total. The van der Waals surface area contributed by atoms with E-state index in [1.165, 1.54) is 4.90 Å². The zero-order valence-electron chi connectivity index (χ0n) is 21.0. The fraction of sp³-hybridized carbons (Fsp3) is 0.200. The summed E-state index contributed by atoms with van der Waals surface area (Å²) in [5.41, 5.74) is 3.58. The zero-order chi connectivity index (χ0) is 25.9. The number of hydrogen-bond acceptors (Lipinski definition) is 5. The molecule has 3 aromatic carbocycles. The van der Waals surface area contributed by atoms with Crippen molar-refractivity contribution in [3.63, 3.8) is 0 Å². The number of carbonyl (C=O) groups is 2. The number of fused-ring (bicyclic) bond motifs is 1. The molecule has 37 heavy (non-hydrogen) atoms. The van der Waals surface area contributed by atoms with Crippen molar-refractivity contribution in [1.29, 1.82) is 0 Å². The number of imide groups is 1. The first-order valence-corrected chi connectivity index (χ1v) is 13.0. The molecule has 7 heteroatoms. The SMILES string of the molecule is Cc1ccc(N2C(=O)S/C(=C\c3cn(CCOc4ccc(OC(C)C)cc4)c4ccccc34)C2=O)cc1. The van der Waals surface area contributed by atoms with Gasteiger partial charge in [-0.3, -0.25) is 9.59 Å². The van der Waals surface area contributed by atoms with Crippen LogP contribution in [-0.2, 0) is 11.3 Å². The third kappa shape index (κ3) is 5.42. The Labute approximate surface area is 220 Å². The van der Waals surface area contributed by atoms with Crippen molar-refractivity contribution < 1.29 is 19.1 Å². The third-order valence-corrected chi connectivity index (χ3v) is 6.86. The monoisotopic (exact) mass is 512 g/mol. The molecule has 188 valence electrons. The lowest BCUT2D eigenvalue weighted by molar-refractivity contribution is -0.113. The predicted molar refractivity (Wildman–Crippen MR) is 149 cm³/mol. The largest absolute Gasteiger partial charge is 0.492 e.